The molecule has 0 aromatic heterocycles. The lowest BCUT2D eigenvalue weighted by atomic mass is 9.90. The number of hydrogen-bond donors (Lipinski definition) is 3. The zero-order valence-electron chi connectivity index (χ0n) is 10.3. The van der Waals surface area contributed by atoms with Gasteiger partial charge in [0.2, 0.25) is 0 Å². The smallest absolute Gasteiger partial charge is 0.320 e. The molecule has 1 saturated carbocycles. The second-order valence-corrected chi connectivity index (χ2v) is 5.30. The van der Waals surface area contributed by atoms with Gasteiger partial charge in [0, 0.05) is 12.1 Å². The molecule has 0 saturated heterocycles. The lowest BCUT2D eigenvalue weighted by Crippen LogP contribution is -2.46. The largest absolute Gasteiger partial charge is 0.480 e. The van der Waals surface area contributed by atoms with Crippen LogP contribution in [0.1, 0.15) is 46.0 Å². The van der Waals surface area contributed by atoms with Gasteiger partial charge in [-0.25, -0.2) is 0 Å². The molecule has 0 aromatic carbocycles. The minimum atomic E-state index is -0.733. The van der Waals surface area contributed by atoms with Gasteiger partial charge in [-0.2, -0.15) is 0 Å². The van der Waals surface area contributed by atoms with E-state index in [4.69, 9.17) is 10.8 Å². The summed E-state index contributed by atoms with van der Waals surface area (Å²) >= 11 is 0. The molecular weight excluding hydrogens is 204 g/mol. The van der Waals surface area contributed by atoms with Gasteiger partial charge in [-0.3, -0.25) is 4.79 Å². The fourth-order valence-electron chi connectivity index (χ4n) is 2.28. The molecule has 1 aliphatic rings. The highest BCUT2D eigenvalue weighted by molar-refractivity contribution is 5.73. The molecule has 0 radical (unpaired) electrons. The number of rotatable bonds is 5. The standard InChI is InChI=1S/C12H24N2O2/c1-8(2)7-11(12(15)16)14-10-5-3-9(13)4-6-10/h8-11,14H,3-7,13H2,1-2H3,(H,15,16). The molecule has 4 nitrogen and oxygen atoms in total. The first kappa shape index (κ1) is 13.5. The molecule has 0 bridgehead atoms. The van der Waals surface area contributed by atoms with E-state index in [-0.39, 0.29) is 0 Å². The van der Waals surface area contributed by atoms with Gasteiger partial charge >= 0.3 is 5.97 Å². The molecule has 4 N–H and O–H groups in total. The van der Waals surface area contributed by atoms with Gasteiger partial charge in [-0.15, -0.1) is 0 Å². The lowest BCUT2D eigenvalue weighted by molar-refractivity contribution is -0.140. The van der Waals surface area contributed by atoms with Crippen molar-refractivity contribution in [2.24, 2.45) is 11.7 Å². The molecule has 0 spiro atoms. The Balaban J connectivity index is 2.39. The van der Waals surface area contributed by atoms with Crippen molar-refractivity contribution in [1.82, 2.24) is 5.32 Å². The van der Waals surface area contributed by atoms with E-state index < -0.39 is 12.0 Å². The Morgan fingerprint density at radius 1 is 1.38 bits per heavy atom. The second-order valence-electron chi connectivity index (χ2n) is 5.30. The molecule has 0 aliphatic heterocycles. The van der Waals surface area contributed by atoms with Crippen LogP contribution in [0.3, 0.4) is 0 Å². The van der Waals surface area contributed by atoms with Crippen LogP contribution in [0.5, 0.6) is 0 Å². The Hall–Kier alpha value is -0.610. The Labute approximate surface area is 97.6 Å². The lowest BCUT2D eigenvalue weighted by Gasteiger charge is -2.29. The van der Waals surface area contributed by atoms with Crippen LogP contribution >= 0.6 is 0 Å². The number of aliphatic carboxylic acids is 1. The van der Waals surface area contributed by atoms with Crippen LogP contribution in [0, 0.1) is 5.92 Å². The van der Waals surface area contributed by atoms with Crippen molar-refractivity contribution >= 4 is 5.97 Å². The van der Waals surface area contributed by atoms with E-state index in [1.165, 1.54) is 0 Å². The summed E-state index contributed by atoms with van der Waals surface area (Å²) in [6.45, 7) is 4.10. The zero-order chi connectivity index (χ0) is 12.1. The summed E-state index contributed by atoms with van der Waals surface area (Å²) in [6, 6.07) is 0.241. The Kier molecular flexibility index (Phi) is 5.22. The number of hydrogen-bond acceptors (Lipinski definition) is 3. The van der Waals surface area contributed by atoms with Crippen LogP contribution in [0.25, 0.3) is 0 Å². The topological polar surface area (TPSA) is 75.3 Å². The molecule has 1 atom stereocenters. The van der Waals surface area contributed by atoms with E-state index in [1.807, 2.05) is 0 Å². The van der Waals surface area contributed by atoms with Gasteiger partial charge < -0.3 is 16.2 Å². The number of carbonyl (C=O) groups is 1. The number of nitrogens with one attached hydrogen (secondary N) is 1. The molecule has 1 fully saturated rings. The molecular formula is C12H24N2O2. The summed E-state index contributed by atoms with van der Waals surface area (Å²) in [6.07, 6.45) is 4.71. The molecule has 0 aromatic rings. The Morgan fingerprint density at radius 3 is 2.38 bits per heavy atom. The quantitative estimate of drug-likeness (QED) is 0.664. The first-order chi connectivity index (χ1) is 7.49. The minimum absolute atomic E-state index is 0.312. The minimum Gasteiger partial charge on any atom is -0.480 e. The molecule has 1 aliphatic carbocycles. The predicted octanol–water partition coefficient (Wildman–Crippen LogP) is 1.35. The van der Waals surface area contributed by atoms with Crippen LogP contribution in [0.2, 0.25) is 0 Å². The van der Waals surface area contributed by atoms with Crippen LogP contribution in [0.4, 0.5) is 0 Å². The van der Waals surface area contributed by atoms with E-state index >= 15 is 0 Å². The number of carboxylic acids is 1. The van der Waals surface area contributed by atoms with Crippen LogP contribution in [-0.4, -0.2) is 29.2 Å². The maximum atomic E-state index is 11.1. The maximum absolute atomic E-state index is 11.1. The van der Waals surface area contributed by atoms with Crippen LogP contribution in [0.15, 0.2) is 0 Å². The van der Waals surface area contributed by atoms with Crippen molar-refractivity contribution < 1.29 is 9.90 Å². The third-order valence-corrected chi connectivity index (χ3v) is 3.21. The fourth-order valence-corrected chi connectivity index (χ4v) is 2.28. The Bertz CT molecular complexity index is 223. The summed E-state index contributed by atoms with van der Waals surface area (Å²) in [5, 5.41) is 12.4. The van der Waals surface area contributed by atoms with Gasteiger partial charge in [0.15, 0.2) is 0 Å². The van der Waals surface area contributed by atoms with Gasteiger partial charge in [-0.1, -0.05) is 13.8 Å². The van der Waals surface area contributed by atoms with E-state index in [0.717, 1.165) is 25.7 Å². The highest BCUT2D eigenvalue weighted by Gasteiger charge is 2.25. The summed E-state index contributed by atoms with van der Waals surface area (Å²) in [4.78, 5) is 11.1. The van der Waals surface area contributed by atoms with Crippen molar-refractivity contribution in [2.75, 3.05) is 0 Å². The van der Waals surface area contributed by atoms with E-state index in [0.29, 0.717) is 24.4 Å². The Morgan fingerprint density at radius 2 is 1.94 bits per heavy atom. The molecule has 4 heteroatoms. The van der Waals surface area contributed by atoms with Gasteiger partial charge in [0.1, 0.15) is 6.04 Å². The first-order valence-corrected chi connectivity index (χ1v) is 6.23. The van der Waals surface area contributed by atoms with Crippen molar-refractivity contribution in [2.45, 2.75) is 64.1 Å². The number of nitrogens with two attached hydrogens (primary N) is 1. The van der Waals surface area contributed by atoms with E-state index in [2.05, 4.69) is 19.2 Å². The predicted molar refractivity (Wildman–Crippen MR) is 64.2 cm³/mol. The monoisotopic (exact) mass is 228 g/mol. The van der Waals surface area contributed by atoms with Crippen molar-refractivity contribution in [3.8, 4) is 0 Å². The molecule has 0 amide bonds. The van der Waals surface area contributed by atoms with Crippen molar-refractivity contribution in [3.63, 3.8) is 0 Å². The van der Waals surface area contributed by atoms with E-state index in [9.17, 15) is 4.79 Å². The molecule has 1 unspecified atom stereocenters. The summed E-state index contributed by atoms with van der Waals surface area (Å²) in [5.74, 6) is -0.331. The number of carboxylic acid groups (broad SMARTS) is 1. The SMILES string of the molecule is CC(C)CC(NC1CCC(N)CC1)C(=O)O. The second kappa shape index (κ2) is 6.21. The average Bonchev–Trinajstić information content (AvgIpc) is 2.19. The summed E-state index contributed by atoms with van der Waals surface area (Å²) in [7, 11) is 0. The van der Waals surface area contributed by atoms with Gasteiger partial charge in [0.25, 0.3) is 0 Å². The van der Waals surface area contributed by atoms with E-state index in [1.54, 1.807) is 0 Å². The average molecular weight is 228 g/mol. The van der Waals surface area contributed by atoms with Crippen molar-refractivity contribution in [1.29, 1.82) is 0 Å². The molecule has 1 rings (SSSR count). The first-order valence-electron chi connectivity index (χ1n) is 6.23. The maximum Gasteiger partial charge on any atom is 0.320 e. The highest BCUT2D eigenvalue weighted by atomic mass is 16.4. The van der Waals surface area contributed by atoms with Crippen LogP contribution < -0.4 is 11.1 Å². The molecule has 16 heavy (non-hydrogen) atoms. The summed E-state index contributed by atoms with van der Waals surface area (Å²) in [5.41, 5.74) is 5.82. The third-order valence-electron chi connectivity index (χ3n) is 3.21. The van der Waals surface area contributed by atoms with Gasteiger partial charge in [-0.05, 0) is 38.0 Å². The van der Waals surface area contributed by atoms with Crippen molar-refractivity contribution in [3.05, 3.63) is 0 Å². The fraction of sp³-hybridized carbons (Fsp3) is 0.917. The highest BCUT2D eigenvalue weighted by Crippen LogP contribution is 2.18. The summed E-state index contributed by atoms with van der Waals surface area (Å²) < 4.78 is 0. The molecule has 94 valence electrons. The molecule has 0 heterocycles. The van der Waals surface area contributed by atoms with Crippen LogP contribution in [-0.2, 0) is 4.79 Å². The normalized spacial score (nSPS) is 28.0. The van der Waals surface area contributed by atoms with Gasteiger partial charge in [0.05, 0.1) is 0 Å². The third kappa shape index (κ3) is 4.49. The zero-order valence-corrected chi connectivity index (χ0v) is 10.3.